The van der Waals surface area contributed by atoms with Crippen molar-refractivity contribution in [1.82, 2.24) is 5.32 Å². The molecule has 0 fully saturated rings. The molecule has 0 radical (unpaired) electrons. The molecule has 4 heteroatoms. The van der Waals surface area contributed by atoms with Crippen molar-refractivity contribution in [1.29, 1.82) is 0 Å². The molecule has 1 atom stereocenters. The van der Waals surface area contributed by atoms with Crippen molar-refractivity contribution in [2.45, 2.75) is 38.8 Å². The van der Waals surface area contributed by atoms with Crippen LogP contribution in [0.2, 0.25) is 0 Å². The SMILES string of the molecule is CCC(NC(C)(C)C(=O)OC)c1cccc(F)c1. The fraction of sp³-hybridized carbons (Fsp3) is 0.500. The summed E-state index contributed by atoms with van der Waals surface area (Å²) < 4.78 is 17.9. The summed E-state index contributed by atoms with van der Waals surface area (Å²) in [6.07, 6.45) is 0.754. The number of ether oxygens (including phenoxy) is 1. The van der Waals surface area contributed by atoms with Gasteiger partial charge in [-0.1, -0.05) is 19.1 Å². The molecule has 1 N–H and O–H groups in total. The molecule has 0 aliphatic heterocycles. The lowest BCUT2D eigenvalue weighted by molar-refractivity contribution is -0.147. The summed E-state index contributed by atoms with van der Waals surface area (Å²) in [6.45, 7) is 5.48. The lowest BCUT2D eigenvalue weighted by Crippen LogP contribution is -2.48. The molecule has 0 saturated heterocycles. The number of benzene rings is 1. The number of hydrogen-bond donors (Lipinski definition) is 1. The molecule has 0 aromatic heterocycles. The van der Waals surface area contributed by atoms with Crippen LogP contribution in [0.4, 0.5) is 4.39 Å². The van der Waals surface area contributed by atoms with E-state index in [4.69, 9.17) is 4.74 Å². The third kappa shape index (κ3) is 3.53. The standard InChI is InChI=1S/C14H20FNO2/c1-5-12(10-7-6-8-11(15)9-10)16-14(2,3)13(17)18-4/h6-9,12,16H,5H2,1-4H3. The Morgan fingerprint density at radius 1 is 1.50 bits per heavy atom. The van der Waals surface area contributed by atoms with E-state index in [0.717, 1.165) is 12.0 Å². The van der Waals surface area contributed by atoms with Crippen LogP contribution in [0, 0.1) is 5.82 Å². The fourth-order valence-corrected chi connectivity index (χ4v) is 1.89. The number of nitrogens with one attached hydrogen (secondary N) is 1. The van der Waals surface area contributed by atoms with Crippen LogP contribution < -0.4 is 5.32 Å². The second kappa shape index (κ2) is 5.96. The van der Waals surface area contributed by atoms with Crippen LogP contribution >= 0.6 is 0 Å². The number of rotatable bonds is 5. The maximum Gasteiger partial charge on any atom is 0.325 e. The zero-order valence-electron chi connectivity index (χ0n) is 11.3. The highest BCUT2D eigenvalue weighted by atomic mass is 19.1. The minimum absolute atomic E-state index is 0.0881. The number of hydrogen-bond acceptors (Lipinski definition) is 3. The summed E-state index contributed by atoms with van der Waals surface area (Å²) >= 11 is 0. The molecule has 0 heterocycles. The summed E-state index contributed by atoms with van der Waals surface area (Å²) in [7, 11) is 1.36. The Balaban J connectivity index is 2.89. The van der Waals surface area contributed by atoms with E-state index in [1.54, 1.807) is 19.9 Å². The summed E-state index contributed by atoms with van der Waals surface area (Å²) in [5, 5.41) is 3.20. The number of carbonyl (C=O) groups excluding carboxylic acids is 1. The highest BCUT2D eigenvalue weighted by Gasteiger charge is 2.31. The molecule has 0 spiro atoms. The van der Waals surface area contributed by atoms with E-state index in [1.807, 2.05) is 13.0 Å². The van der Waals surface area contributed by atoms with E-state index in [2.05, 4.69) is 5.32 Å². The maximum absolute atomic E-state index is 13.2. The van der Waals surface area contributed by atoms with Crippen LogP contribution in [-0.4, -0.2) is 18.6 Å². The van der Waals surface area contributed by atoms with Crippen molar-refractivity contribution in [2.24, 2.45) is 0 Å². The Labute approximate surface area is 107 Å². The van der Waals surface area contributed by atoms with Gasteiger partial charge < -0.3 is 4.74 Å². The number of halogens is 1. The molecule has 0 aliphatic carbocycles. The zero-order chi connectivity index (χ0) is 13.8. The van der Waals surface area contributed by atoms with E-state index in [9.17, 15) is 9.18 Å². The molecular formula is C14H20FNO2. The molecule has 1 aromatic rings. The lowest BCUT2D eigenvalue weighted by atomic mass is 9.98. The van der Waals surface area contributed by atoms with Gasteiger partial charge in [0, 0.05) is 6.04 Å². The van der Waals surface area contributed by atoms with Crippen LogP contribution in [-0.2, 0) is 9.53 Å². The first-order valence-corrected chi connectivity index (χ1v) is 6.02. The molecule has 100 valence electrons. The second-order valence-electron chi connectivity index (χ2n) is 4.78. The van der Waals surface area contributed by atoms with Crippen molar-refractivity contribution in [3.63, 3.8) is 0 Å². The molecule has 1 aromatic carbocycles. The summed E-state index contributed by atoms with van der Waals surface area (Å²) in [5.41, 5.74) is 0.0244. The molecule has 0 bridgehead atoms. The van der Waals surface area contributed by atoms with Gasteiger partial charge in [-0.15, -0.1) is 0 Å². The molecule has 1 unspecified atom stereocenters. The van der Waals surface area contributed by atoms with Gasteiger partial charge >= 0.3 is 5.97 Å². The van der Waals surface area contributed by atoms with Crippen molar-refractivity contribution in [3.8, 4) is 0 Å². The van der Waals surface area contributed by atoms with Gasteiger partial charge in [0.2, 0.25) is 0 Å². The average Bonchev–Trinajstić information content (AvgIpc) is 2.34. The first-order valence-electron chi connectivity index (χ1n) is 6.02. The normalized spacial score (nSPS) is 13.2. The lowest BCUT2D eigenvalue weighted by Gasteiger charge is -2.29. The Kier molecular flexibility index (Phi) is 4.84. The number of esters is 1. The molecule has 3 nitrogen and oxygen atoms in total. The highest BCUT2D eigenvalue weighted by Crippen LogP contribution is 2.21. The van der Waals surface area contributed by atoms with Gasteiger partial charge in [0.05, 0.1) is 7.11 Å². The van der Waals surface area contributed by atoms with Crippen LogP contribution in [0.15, 0.2) is 24.3 Å². The average molecular weight is 253 g/mol. The number of carbonyl (C=O) groups is 1. The van der Waals surface area contributed by atoms with Gasteiger partial charge in [0.1, 0.15) is 11.4 Å². The van der Waals surface area contributed by atoms with Gasteiger partial charge in [-0.2, -0.15) is 0 Å². The molecule has 0 saturated carbocycles. The van der Waals surface area contributed by atoms with E-state index in [1.165, 1.54) is 19.2 Å². The first-order chi connectivity index (χ1) is 8.40. The third-order valence-corrected chi connectivity index (χ3v) is 2.89. The summed E-state index contributed by atoms with van der Waals surface area (Å²) in [4.78, 5) is 11.6. The first kappa shape index (κ1) is 14.6. The topological polar surface area (TPSA) is 38.3 Å². The van der Waals surface area contributed by atoms with Gasteiger partial charge in [-0.3, -0.25) is 10.1 Å². The van der Waals surface area contributed by atoms with E-state index < -0.39 is 5.54 Å². The second-order valence-corrected chi connectivity index (χ2v) is 4.78. The van der Waals surface area contributed by atoms with Gasteiger partial charge in [0.15, 0.2) is 0 Å². The molecular weight excluding hydrogens is 233 g/mol. The Morgan fingerprint density at radius 2 is 2.17 bits per heavy atom. The Hall–Kier alpha value is -1.42. The van der Waals surface area contributed by atoms with Crippen molar-refractivity contribution >= 4 is 5.97 Å². The molecule has 0 amide bonds. The van der Waals surface area contributed by atoms with E-state index in [0.29, 0.717) is 0 Å². The summed E-state index contributed by atoms with van der Waals surface area (Å²) in [6, 6.07) is 6.31. The molecule has 18 heavy (non-hydrogen) atoms. The van der Waals surface area contributed by atoms with E-state index in [-0.39, 0.29) is 17.8 Å². The predicted molar refractivity (Wildman–Crippen MR) is 68.7 cm³/mol. The smallest absolute Gasteiger partial charge is 0.325 e. The Bertz CT molecular complexity index is 418. The minimum Gasteiger partial charge on any atom is -0.468 e. The quantitative estimate of drug-likeness (QED) is 0.820. The monoisotopic (exact) mass is 253 g/mol. The zero-order valence-corrected chi connectivity index (χ0v) is 11.3. The van der Waals surface area contributed by atoms with Crippen LogP contribution in [0.25, 0.3) is 0 Å². The van der Waals surface area contributed by atoms with Crippen LogP contribution in [0.3, 0.4) is 0 Å². The minimum atomic E-state index is -0.804. The van der Waals surface area contributed by atoms with Gasteiger partial charge in [-0.05, 0) is 38.0 Å². The van der Waals surface area contributed by atoms with Crippen LogP contribution in [0.5, 0.6) is 0 Å². The van der Waals surface area contributed by atoms with Gasteiger partial charge in [0.25, 0.3) is 0 Å². The van der Waals surface area contributed by atoms with Crippen LogP contribution in [0.1, 0.15) is 38.8 Å². The van der Waals surface area contributed by atoms with Crippen molar-refractivity contribution < 1.29 is 13.9 Å². The molecule has 0 aliphatic rings. The third-order valence-electron chi connectivity index (χ3n) is 2.89. The fourth-order valence-electron chi connectivity index (χ4n) is 1.89. The summed E-state index contributed by atoms with van der Waals surface area (Å²) in [5.74, 6) is -0.610. The molecule has 1 rings (SSSR count). The number of methoxy groups -OCH3 is 1. The van der Waals surface area contributed by atoms with E-state index >= 15 is 0 Å². The largest absolute Gasteiger partial charge is 0.468 e. The maximum atomic E-state index is 13.2. The van der Waals surface area contributed by atoms with Gasteiger partial charge in [-0.25, -0.2) is 4.39 Å². The van der Waals surface area contributed by atoms with Crippen molar-refractivity contribution in [3.05, 3.63) is 35.6 Å². The predicted octanol–water partition coefficient (Wildman–Crippen LogP) is 2.82. The highest BCUT2D eigenvalue weighted by molar-refractivity contribution is 5.79. The van der Waals surface area contributed by atoms with Crippen molar-refractivity contribution in [2.75, 3.05) is 7.11 Å². The Morgan fingerprint density at radius 3 is 2.67 bits per heavy atom.